The molecular formula is C21H23FN4OS. The van der Waals surface area contributed by atoms with Crippen molar-refractivity contribution in [3.63, 3.8) is 0 Å². The van der Waals surface area contributed by atoms with Gasteiger partial charge in [-0.05, 0) is 44.1 Å². The number of hydrogen-bond donors (Lipinski definition) is 2. The normalized spacial score (nSPS) is 12.0. The summed E-state index contributed by atoms with van der Waals surface area (Å²) in [4.78, 5) is 12.3. The summed E-state index contributed by atoms with van der Waals surface area (Å²) < 4.78 is 16.1. The Kier molecular flexibility index (Phi) is 6.36. The molecule has 0 spiro atoms. The molecule has 1 heterocycles. The number of rotatable bonds is 7. The number of H-pyrrole nitrogens is 1. The molecule has 146 valence electrons. The summed E-state index contributed by atoms with van der Waals surface area (Å²) in [6, 6.07) is 14.4. The second kappa shape index (κ2) is 8.93. The zero-order chi connectivity index (χ0) is 20.1. The lowest BCUT2D eigenvalue weighted by Gasteiger charge is -2.15. The summed E-state index contributed by atoms with van der Waals surface area (Å²) in [5, 5.41) is 10.0. The number of amides is 1. The lowest BCUT2D eigenvalue weighted by Crippen LogP contribution is -2.34. The predicted octanol–water partition coefficient (Wildman–Crippen LogP) is 4.19. The Morgan fingerprint density at radius 1 is 1.25 bits per heavy atom. The van der Waals surface area contributed by atoms with Crippen molar-refractivity contribution in [2.75, 3.05) is 0 Å². The third-order valence-electron chi connectivity index (χ3n) is 4.52. The Balaban J connectivity index is 1.60. The maximum absolute atomic E-state index is 13.8. The van der Waals surface area contributed by atoms with Crippen LogP contribution in [0.4, 0.5) is 4.39 Å². The van der Waals surface area contributed by atoms with Gasteiger partial charge < -0.3 is 5.32 Å². The van der Waals surface area contributed by atoms with Crippen molar-refractivity contribution < 1.29 is 9.18 Å². The van der Waals surface area contributed by atoms with Gasteiger partial charge in [-0.2, -0.15) is 5.10 Å². The minimum Gasteiger partial charge on any atom is -0.353 e. The average Bonchev–Trinajstić information content (AvgIpc) is 3.03. The summed E-state index contributed by atoms with van der Waals surface area (Å²) in [5.74, 6) is 0.343. The number of carbonyl (C=O) groups is 1. The highest BCUT2D eigenvalue weighted by atomic mass is 32.1. The molecule has 1 aromatic heterocycles. The zero-order valence-electron chi connectivity index (χ0n) is 15.9. The fraction of sp³-hybridized carbons (Fsp3) is 0.286. The molecule has 7 heteroatoms. The number of aryl methyl sites for hydroxylation is 1. The molecule has 5 nitrogen and oxygen atoms in total. The van der Waals surface area contributed by atoms with Crippen molar-refractivity contribution in [2.24, 2.45) is 0 Å². The van der Waals surface area contributed by atoms with Gasteiger partial charge in [0.05, 0.1) is 0 Å². The lowest BCUT2D eigenvalue weighted by molar-refractivity contribution is -0.121. The smallest absolute Gasteiger partial charge is 0.222 e. The summed E-state index contributed by atoms with van der Waals surface area (Å²) in [6.07, 6.45) is 0.701. The fourth-order valence-corrected chi connectivity index (χ4v) is 3.28. The van der Waals surface area contributed by atoms with E-state index in [9.17, 15) is 9.18 Å². The van der Waals surface area contributed by atoms with Gasteiger partial charge in [-0.1, -0.05) is 48.0 Å². The molecule has 0 fully saturated rings. The van der Waals surface area contributed by atoms with Crippen LogP contribution >= 0.6 is 12.2 Å². The lowest BCUT2D eigenvalue weighted by atomic mass is 10.1. The van der Waals surface area contributed by atoms with E-state index < -0.39 is 0 Å². The number of carbonyl (C=O) groups excluding carboxylic acids is 1. The number of nitrogens with zero attached hydrogens (tertiary/aromatic N) is 2. The second-order valence-corrected chi connectivity index (χ2v) is 7.27. The molecule has 3 rings (SSSR count). The van der Waals surface area contributed by atoms with Gasteiger partial charge in [0, 0.05) is 24.6 Å². The standard InChI is InChI=1S/C21H23FN4OS/c1-14-7-9-16(10-8-14)20-24-25-21(28)26(20)12-11-19(27)23-15(2)13-17-5-3-4-6-18(17)22/h3-10,15H,11-13H2,1-2H3,(H,23,27)(H,25,28). The van der Waals surface area contributed by atoms with Gasteiger partial charge in [0.1, 0.15) is 5.82 Å². The molecule has 0 saturated heterocycles. The number of halogens is 1. The first-order valence-corrected chi connectivity index (χ1v) is 9.60. The third-order valence-corrected chi connectivity index (χ3v) is 4.83. The Bertz CT molecular complexity index is 1010. The first kappa shape index (κ1) is 19.9. The largest absolute Gasteiger partial charge is 0.353 e. The van der Waals surface area contributed by atoms with Crippen molar-refractivity contribution in [1.82, 2.24) is 20.1 Å². The van der Waals surface area contributed by atoms with E-state index in [2.05, 4.69) is 15.5 Å². The van der Waals surface area contributed by atoms with Gasteiger partial charge in [0.15, 0.2) is 10.6 Å². The fourth-order valence-electron chi connectivity index (χ4n) is 3.05. The van der Waals surface area contributed by atoms with Gasteiger partial charge in [-0.15, -0.1) is 0 Å². The van der Waals surface area contributed by atoms with Crippen molar-refractivity contribution in [2.45, 2.75) is 39.3 Å². The zero-order valence-corrected chi connectivity index (χ0v) is 16.7. The van der Waals surface area contributed by atoms with E-state index in [-0.39, 0.29) is 24.2 Å². The molecule has 0 aliphatic heterocycles. The summed E-state index contributed by atoms with van der Waals surface area (Å²) in [6.45, 7) is 4.30. The Morgan fingerprint density at radius 2 is 1.96 bits per heavy atom. The number of aromatic amines is 1. The van der Waals surface area contributed by atoms with Gasteiger partial charge in [-0.25, -0.2) is 4.39 Å². The Morgan fingerprint density at radius 3 is 2.68 bits per heavy atom. The highest BCUT2D eigenvalue weighted by molar-refractivity contribution is 7.71. The molecule has 0 aliphatic rings. The van der Waals surface area contributed by atoms with Crippen molar-refractivity contribution in [3.05, 3.63) is 70.2 Å². The van der Waals surface area contributed by atoms with Gasteiger partial charge in [0.2, 0.25) is 5.91 Å². The van der Waals surface area contributed by atoms with E-state index in [1.54, 1.807) is 18.2 Å². The third kappa shape index (κ3) is 4.92. The monoisotopic (exact) mass is 398 g/mol. The number of hydrogen-bond acceptors (Lipinski definition) is 3. The molecule has 2 N–H and O–H groups in total. The summed E-state index contributed by atoms with van der Waals surface area (Å²) in [7, 11) is 0. The topological polar surface area (TPSA) is 62.7 Å². The van der Waals surface area contributed by atoms with Crippen LogP contribution in [0.25, 0.3) is 11.4 Å². The summed E-state index contributed by atoms with van der Waals surface area (Å²) in [5.41, 5.74) is 2.69. The minimum atomic E-state index is -0.254. The second-order valence-electron chi connectivity index (χ2n) is 6.88. The van der Waals surface area contributed by atoms with E-state index >= 15 is 0 Å². The number of nitrogens with one attached hydrogen (secondary N) is 2. The van der Waals surface area contributed by atoms with Crippen LogP contribution in [-0.4, -0.2) is 26.7 Å². The van der Waals surface area contributed by atoms with Crippen LogP contribution in [-0.2, 0) is 17.8 Å². The minimum absolute atomic E-state index is 0.109. The molecule has 1 unspecified atom stereocenters. The van der Waals surface area contributed by atoms with E-state index in [0.29, 0.717) is 29.1 Å². The van der Waals surface area contributed by atoms with E-state index in [1.165, 1.54) is 6.07 Å². The van der Waals surface area contributed by atoms with Crippen LogP contribution < -0.4 is 5.32 Å². The van der Waals surface area contributed by atoms with E-state index in [4.69, 9.17) is 12.2 Å². The van der Waals surface area contributed by atoms with Crippen LogP contribution in [0.15, 0.2) is 48.5 Å². The molecule has 0 aliphatic carbocycles. The van der Waals surface area contributed by atoms with Gasteiger partial charge in [-0.3, -0.25) is 14.5 Å². The van der Waals surface area contributed by atoms with E-state index in [1.807, 2.05) is 42.7 Å². The molecule has 0 saturated carbocycles. The van der Waals surface area contributed by atoms with Gasteiger partial charge in [0.25, 0.3) is 0 Å². The molecule has 0 bridgehead atoms. The maximum Gasteiger partial charge on any atom is 0.222 e. The van der Waals surface area contributed by atoms with Crippen molar-refractivity contribution in [3.8, 4) is 11.4 Å². The van der Waals surface area contributed by atoms with E-state index in [0.717, 1.165) is 11.1 Å². The molecule has 1 atom stereocenters. The highest BCUT2D eigenvalue weighted by Crippen LogP contribution is 2.18. The average molecular weight is 399 g/mol. The Hall–Kier alpha value is -2.80. The summed E-state index contributed by atoms with van der Waals surface area (Å²) >= 11 is 5.31. The SMILES string of the molecule is Cc1ccc(-c2n[nH]c(=S)n2CCC(=O)NC(C)Cc2ccccc2F)cc1. The van der Waals surface area contributed by atoms with Crippen LogP contribution in [0.5, 0.6) is 0 Å². The van der Waals surface area contributed by atoms with Crippen LogP contribution in [0, 0.1) is 17.5 Å². The quantitative estimate of drug-likeness (QED) is 0.587. The highest BCUT2D eigenvalue weighted by Gasteiger charge is 2.13. The van der Waals surface area contributed by atoms with Crippen molar-refractivity contribution >= 4 is 18.1 Å². The van der Waals surface area contributed by atoms with Gasteiger partial charge >= 0.3 is 0 Å². The first-order valence-electron chi connectivity index (χ1n) is 9.19. The van der Waals surface area contributed by atoms with Crippen LogP contribution in [0.2, 0.25) is 0 Å². The first-order chi connectivity index (χ1) is 13.4. The maximum atomic E-state index is 13.8. The molecular weight excluding hydrogens is 375 g/mol. The Labute approximate surface area is 168 Å². The van der Waals surface area contributed by atoms with Crippen molar-refractivity contribution in [1.29, 1.82) is 0 Å². The number of benzene rings is 2. The number of aromatic nitrogens is 3. The molecule has 2 aromatic carbocycles. The van der Waals surface area contributed by atoms with Crippen LogP contribution in [0.3, 0.4) is 0 Å². The molecule has 3 aromatic rings. The molecule has 28 heavy (non-hydrogen) atoms. The predicted molar refractivity (Wildman–Crippen MR) is 110 cm³/mol. The van der Waals surface area contributed by atoms with Crippen LogP contribution in [0.1, 0.15) is 24.5 Å². The molecule has 0 radical (unpaired) electrons. The molecule has 1 amide bonds.